The van der Waals surface area contributed by atoms with Crippen LogP contribution in [0.25, 0.3) is 0 Å². The highest BCUT2D eigenvalue weighted by Crippen LogP contribution is 2.24. The lowest BCUT2D eigenvalue weighted by Gasteiger charge is -2.29. The third-order valence-electron chi connectivity index (χ3n) is 2.77. The van der Waals surface area contributed by atoms with Crippen LogP contribution in [0.2, 0.25) is 0 Å². The highest BCUT2D eigenvalue weighted by Gasteiger charge is 2.27. The number of ether oxygens (including phenoxy) is 1. The highest BCUT2D eigenvalue weighted by atomic mass is 16.6. The van der Waals surface area contributed by atoms with Crippen LogP contribution in [0.5, 0.6) is 0 Å². The predicted molar refractivity (Wildman–Crippen MR) is 66.9 cm³/mol. The second-order valence-electron chi connectivity index (χ2n) is 5.52. The van der Waals surface area contributed by atoms with Gasteiger partial charge in [0, 0.05) is 18.5 Å². The molecule has 1 aliphatic rings. The molecule has 0 radical (unpaired) electrons. The van der Waals surface area contributed by atoms with Crippen molar-refractivity contribution in [1.82, 2.24) is 4.90 Å². The minimum atomic E-state index is -0.462. The van der Waals surface area contributed by atoms with Crippen molar-refractivity contribution >= 4 is 6.09 Å². The third kappa shape index (κ3) is 2.85. The first-order chi connectivity index (χ1) is 8.39. The molecule has 0 saturated carbocycles. The number of fused-ring (bicyclic) bond motifs is 1. The SMILES string of the molecule is CC(C)(C)OC(=O)N1CCc2oc(CN)cc2C1. The fraction of sp³-hybridized carbons (Fsp3) is 0.615. The summed E-state index contributed by atoms with van der Waals surface area (Å²) in [7, 11) is 0. The number of furan rings is 1. The molecule has 1 aromatic heterocycles. The van der Waals surface area contributed by atoms with E-state index in [-0.39, 0.29) is 6.09 Å². The molecule has 0 aromatic carbocycles. The largest absolute Gasteiger partial charge is 0.464 e. The van der Waals surface area contributed by atoms with Crippen molar-refractivity contribution in [3.05, 3.63) is 23.2 Å². The molecule has 1 amide bonds. The summed E-state index contributed by atoms with van der Waals surface area (Å²) in [4.78, 5) is 13.6. The molecule has 1 aromatic rings. The summed E-state index contributed by atoms with van der Waals surface area (Å²) in [5.74, 6) is 1.71. The van der Waals surface area contributed by atoms with E-state index < -0.39 is 5.60 Å². The smallest absolute Gasteiger partial charge is 0.410 e. The number of nitrogens with zero attached hydrogens (tertiary/aromatic N) is 1. The fourth-order valence-electron chi connectivity index (χ4n) is 1.98. The maximum absolute atomic E-state index is 11.9. The Kier molecular flexibility index (Phi) is 3.34. The molecular formula is C13H20N2O3. The van der Waals surface area contributed by atoms with Crippen LogP contribution in [0.1, 0.15) is 37.9 Å². The Balaban J connectivity index is 2.05. The van der Waals surface area contributed by atoms with Crippen molar-refractivity contribution in [1.29, 1.82) is 0 Å². The van der Waals surface area contributed by atoms with Crippen molar-refractivity contribution < 1.29 is 13.9 Å². The van der Waals surface area contributed by atoms with Gasteiger partial charge < -0.3 is 19.8 Å². The lowest BCUT2D eigenvalue weighted by molar-refractivity contribution is 0.0219. The van der Waals surface area contributed by atoms with E-state index in [0.29, 0.717) is 26.1 Å². The zero-order chi connectivity index (χ0) is 13.3. The average Bonchev–Trinajstić information content (AvgIpc) is 2.68. The molecule has 0 spiro atoms. The van der Waals surface area contributed by atoms with Crippen LogP contribution in [-0.4, -0.2) is 23.1 Å². The number of nitrogens with two attached hydrogens (primary N) is 1. The number of hydrogen-bond acceptors (Lipinski definition) is 4. The summed E-state index contributed by atoms with van der Waals surface area (Å²) in [6.45, 7) is 7.15. The van der Waals surface area contributed by atoms with Crippen molar-refractivity contribution in [2.24, 2.45) is 5.73 Å². The Labute approximate surface area is 107 Å². The molecule has 0 unspecified atom stereocenters. The summed E-state index contributed by atoms with van der Waals surface area (Å²) in [6.07, 6.45) is 0.442. The average molecular weight is 252 g/mol. The molecule has 1 aliphatic heterocycles. The normalized spacial score (nSPS) is 15.4. The topological polar surface area (TPSA) is 68.7 Å². The van der Waals surface area contributed by atoms with Gasteiger partial charge in [-0.3, -0.25) is 0 Å². The summed E-state index contributed by atoms with van der Waals surface area (Å²) >= 11 is 0. The Hall–Kier alpha value is -1.49. The maximum Gasteiger partial charge on any atom is 0.410 e. The van der Waals surface area contributed by atoms with Gasteiger partial charge in [0.2, 0.25) is 0 Å². The van der Waals surface area contributed by atoms with E-state index in [1.54, 1.807) is 4.90 Å². The molecule has 5 heteroatoms. The van der Waals surface area contributed by atoms with Gasteiger partial charge in [-0.2, -0.15) is 0 Å². The Morgan fingerprint density at radius 1 is 1.56 bits per heavy atom. The first-order valence-electron chi connectivity index (χ1n) is 6.17. The molecule has 2 rings (SSSR count). The minimum absolute atomic E-state index is 0.274. The van der Waals surface area contributed by atoms with Gasteiger partial charge >= 0.3 is 6.09 Å². The molecular weight excluding hydrogens is 232 g/mol. The van der Waals surface area contributed by atoms with Gasteiger partial charge in [-0.25, -0.2) is 4.79 Å². The predicted octanol–water partition coefficient (Wildman–Crippen LogP) is 2.03. The van der Waals surface area contributed by atoms with Gasteiger partial charge in [0.05, 0.1) is 13.1 Å². The van der Waals surface area contributed by atoms with Crippen molar-refractivity contribution in [2.75, 3.05) is 6.54 Å². The molecule has 0 fully saturated rings. The molecule has 0 bridgehead atoms. The van der Waals surface area contributed by atoms with Crippen molar-refractivity contribution in [3.63, 3.8) is 0 Å². The number of amides is 1. The Morgan fingerprint density at radius 3 is 2.89 bits per heavy atom. The van der Waals surface area contributed by atoms with Crippen LogP contribution in [0.3, 0.4) is 0 Å². The molecule has 100 valence electrons. The number of carbonyl (C=O) groups excluding carboxylic acids is 1. The zero-order valence-electron chi connectivity index (χ0n) is 11.2. The fourth-order valence-corrected chi connectivity index (χ4v) is 1.98. The molecule has 0 saturated heterocycles. The van der Waals surface area contributed by atoms with Gasteiger partial charge in [0.25, 0.3) is 0 Å². The van der Waals surface area contributed by atoms with Crippen LogP contribution in [0.4, 0.5) is 4.79 Å². The lowest BCUT2D eigenvalue weighted by Crippen LogP contribution is -2.39. The molecule has 2 heterocycles. The van der Waals surface area contributed by atoms with Crippen LogP contribution in [0.15, 0.2) is 10.5 Å². The van der Waals surface area contributed by atoms with Crippen molar-refractivity contribution in [2.45, 2.75) is 45.9 Å². The zero-order valence-corrected chi connectivity index (χ0v) is 11.2. The minimum Gasteiger partial charge on any atom is -0.464 e. The highest BCUT2D eigenvalue weighted by molar-refractivity contribution is 5.68. The van der Waals surface area contributed by atoms with Gasteiger partial charge in [-0.15, -0.1) is 0 Å². The van der Waals surface area contributed by atoms with Gasteiger partial charge in [-0.1, -0.05) is 0 Å². The van der Waals surface area contributed by atoms with Gasteiger partial charge in [0.1, 0.15) is 17.1 Å². The van der Waals surface area contributed by atoms with Crippen LogP contribution in [0, 0.1) is 0 Å². The van der Waals surface area contributed by atoms with Crippen LogP contribution >= 0.6 is 0 Å². The molecule has 18 heavy (non-hydrogen) atoms. The number of hydrogen-bond donors (Lipinski definition) is 1. The van der Waals surface area contributed by atoms with E-state index in [9.17, 15) is 4.79 Å². The number of carbonyl (C=O) groups is 1. The molecule has 5 nitrogen and oxygen atoms in total. The number of rotatable bonds is 1. The van der Waals surface area contributed by atoms with E-state index in [2.05, 4.69) is 0 Å². The lowest BCUT2D eigenvalue weighted by atomic mass is 10.1. The Bertz CT molecular complexity index is 446. The van der Waals surface area contributed by atoms with Crippen LogP contribution in [-0.2, 0) is 24.2 Å². The van der Waals surface area contributed by atoms with Gasteiger partial charge in [0.15, 0.2) is 0 Å². The molecule has 0 atom stereocenters. The Morgan fingerprint density at radius 2 is 2.28 bits per heavy atom. The summed E-state index contributed by atoms with van der Waals surface area (Å²) in [5, 5.41) is 0. The van der Waals surface area contributed by atoms with E-state index in [1.807, 2.05) is 26.8 Å². The van der Waals surface area contributed by atoms with Crippen LogP contribution < -0.4 is 5.73 Å². The monoisotopic (exact) mass is 252 g/mol. The molecule has 0 aliphatic carbocycles. The van der Waals surface area contributed by atoms with E-state index in [0.717, 1.165) is 17.1 Å². The summed E-state index contributed by atoms with van der Waals surface area (Å²) in [5.41, 5.74) is 6.11. The molecule has 2 N–H and O–H groups in total. The van der Waals surface area contributed by atoms with Crippen molar-refractivity contribution in [3.8, 4) is 0 Å². The first-order valence-corrected chi connectivity index (χ1v) is 6.17. The van der Waals surface area contributed by atoms with E-state index in [1.165, 1.54) is 0 Å². The summed E-state index contributed by atoms with van der Waals surface area (Å²) < 4.78 is 10.9. The van der Waals surface area contributed by atoms with Gasteiger partial charge in [-0.05, 0) is 26.8 Å². The quantitative estimate of drug-likeness (QED) is 0.830. The summed E-state index contributed by atoms with van der Waals surface area (Å²) in [6, 6.07) is 1.92. The van der Waals surface area contributed by atoms with E-state index in [4.69, 9.17) is 14.9 Å². The second kappa shape index (κ2) is 4.65. The standard InChI is InChI=1S/C13H20N2O3/c1-13(2,3)18-12(16)15-5-4-11-9(8-15)6-10(7-14)17-11/h6H,4-5,7-8,14H2,1-3H3. The third-order valence-corrected chi connectivity index (χ3v) is 2.77. The first kappa shape index (κ1) is 13.0. The second-order valence-corrected chi connectivity index (χ2v) is 5.52. The van der Waals surface area contributed by atoms with E-state index >= 15 is 0 Å². The maximum atomic E-state index is 11.9.